The lowest BCUT2D eigenvalue weighted by atomic mass is 10.2. The van der Waals surface area contributed by atoms with Gasteiger partial charge < -0.3 is 10.5 Å². The van der Waals surface area contributed by atoms with Crippen LogP contribution in [0.4, 0.5) is 11.6 Å². The van der Waals surface area contributed by atoms with Gasteiger partial charge in [-0.2, -0.15) is 4.98 Å². The lowest BCUT2D eigenvalue weighted by Gasteiger charge is -2.06. The summed E-state index contributed by atoms with van der Waals surface area (Å²) in [6.45, 7) is 1.81. The maximum atomic E-state index is 10.9. The van der Waals surface area contributed by atoms with Crippen molar-refractivity contribution in [2.24, 2.45) is 0 Å². The molecule has 2 rings (SSSR count). The van der Waals surface area contributed by atoms with Gasteiger partial charge in [-0.1, -0.05) is 6.07 Å². The first kappa shape index (κ1) is 11.8. The van der Waals surface area contributed by atoms with E-state index in [4.69, 9.17) is 10.5 Å². The van der Waals surface area contributed by atoms with Gasteiger partial charge >= 0.3 is 5.69 Å². The maximum absolute atomic E-state index is 10.9. The fraction of sp³-hybridized carbons (Fsp3) is 0.0909. The van der Waals surface area contributed by atoms with Gasteiger partial charge in [0.1, 0.15) is 0 Å². The topological polar surface area (TPSA) is 104 Å². The molecule has 2 aromatic rings. The van der Waals surface area contributed by atoms with Crippen LogP contribution in [0, 0.1) is 17.0 Å². The Labute approximate surface area is 102 Å². The minimum atomic E-state index is -0.515. The number of hydrogen-bond donors (Lipinski definition) is 1. The maximum Gasteiger partial charge on any atom is 0.311 e. The Morgan fingerprint density at radius 2 is 2.17 bits per heavy atom. The summed E-state index contributed by atoms with van der Waals surface area (Å²) in [4.78, 5) is 17.9. The first-order chi connectivity index (χ1) is 8.56. The summed E-state index contributed by atoms with van der Waals surface area (Å²) in [6.07, 6.45) is 1.42. The number of nitrogen functional groups attached to an aromatic ring is 1. The van der Waals surface area contributed by atoms with Crippen molar-refractivity contribution < 1.29 is 9.66 Å². The third-order valence-electron chi connectivity index (χ3n) is 2.18. The van der Waals surface area contributed by atoms with Crippen molar-refractivity contribution in [1.29, 1.82) is 0 Å². The molecule has 0 saturated carbocycles. The van der Waals surface area contributed by atoms with E-state index in [0.717, 1.165) is 5.56 Å². The van der Waals surface area contributed by atoms with E-state index in [1.807, 2.05) is 6.92 Å². The fourth-order valence-electron chi connectivity index (χ4n) is 1.38. The van der Waals surface area contributed by atoms with Gasteiger partial charge in [0.15, 0.2) is 0 Å². The number of anilines is 1. The van der Waals surface area contributed by atoms with Gasteiger partial charge in [0.2, 0.25) is 17.6 Å². The average Bonchev–Trinajstić information content (AvgIpc) is 2.28. The second kappa shape index (κ2) is 4.66. The average molecular weight is 246 g/mol. The van der Waals surface area contributed by atoms with Crippen molar-refractivity contribution in [2.75, 3.05) is 5.73 Å². The third-order valence-corrected chi connectivity index (χ3v) is 2.18. The molecule has 2 N–H and O–H groups in total. The number of ether oxygens (including phenoxy) is 1. The predicted octanol–water partition coefficient (Wildman–Crippen LogP) is 2.07. The molecule has 0 aliphatic rings. The fourth-order valence-corrected chi connectivity index (χ4v) is 1.38. The molecule has 0 amide bonds. The molecule has 1 aromatic heterocycles. The zero-order valence-electron chi connectivity index (χ0n) is 9.53. The van der Waals surface area contributed by atoms with Crippen LogP contribution in [0.5, 0.6) is 11.6 Å². The number of aryl methyl sites for hydroxylation is 1. The number of nitro groups is 1. The Hall–Kier alpha value is -2.70. The van der Waals surface area contributed by atoms with Crippen LogP contribution < -0.4 is 10.5 Å². The molecule has 92 valence electrons. The molecule has 0 fully saturated rings. The summed E-state index contributed by atoms with van der Waals surface area (Å²) >= 11 is 0. The summed E-state index contributed by atoms with van der Waals surface area (Å²) in [6, 6.07) is 6.06. The molecule has 1 heterocycles. The highest BCUT2D eigenvalue weighted by atomic mass is 16.6. The van der Waals surface area contributed by atoms with Gasteiger partial charge in [-0.05, 0) is 18.6 Å². The van der Waals surface area contributed by atoms with Crippen molar-refractivity contribution in [1.82, 2.24) is 9.97 Å². The normalized spacial score (nSPS) is 10.1. The second-order valence-electron chi connectivity index (χ2n) is 3.58. The summed E-state index contributed by atoms with van der Waals surface area (Å²) in [5, 5.41) is 10.9. The van der Waals surface area contributed by atoms with E-state index in [0.29, 0.717) is 0 Å². The van der Waals surface area contributed by atoms with Gasteiger partial charge in [-0.25, -0.2) is 4.98 Å². The Morgan fingerprint density at radius 1 is 1.39 bits per heavy atom. The molecule has 0 aliphatic carbocycles. The summed E-state index contributed by atoms with van der Waals surface area (Å²) in [5.74, 6) is 0.331. The smallest absolute Gasteiger partial charge is 0.311 e. The van der Waals surface area contributed by atoms with Crippen molar-refractivity contribution in [2.45, 2.75) is 6.92 Å². The molecule has 0 bridgehead atoms. The Kier molecular flexibility index (Phi) is 3.05. The second-order valence-corrected chi connectivity index (χ2v) is 3.58. The van der Waals surface area contributed by atoms with Crippen LogP contribution in [0.3, 0.4) is 0 Å². The van der Waals surface area contributed by atoms with Crippen LogP contribution >= 0.6 is 0 Å². The first-order valence-electron chi connectivity index (χ1n) is 5.07. The number of hydrogen-bond acceptors (Lipinski definition) is 6. The SMILES string of the molecule is Cc1ccc([N+](=O)[O-])c(Oc2ccnc(N)n2)c1. The van der Waals surface area contributed by atoms with Crippen molar-refractivity contribution >= 4 is 11.6 Å². The van der Waals surface area contributed by atoms with Gasteiger partial charge in [0.05, 0.1) is 4.92 Å². The Bertz CT molecular complexity index is 601. The molecule has 1 aromatic carbocycles. The number of nitrogens with two attached hydrogens (primary N) is 1. The molecular formula is C11H10N4O3. The molecule has 0 atom stereocenters. The number of nitrogens with zero attached hydrogens (tertiary/aromatic N) is 3. The van der Waals surface area contributed by atoms with Crippen LogP contribution in [-0.4, -0.2) is 14.9 Å². The number of nitro benzene ring substituents is 1. The molecular weight excluding hydrogens is 236 g/mol. The Morgan fingerprint density at radius 3 is 2.83 bits per heavy atom. The quantitative estimate of drug-likeness (QED) is 0.656. The Balaban J connectivity index is 2.39. The monoisotopic (exact) mass is 246 g/mol. The van der Waals surface area contributed by atoms with E-state index < -0.39 is 4.92 Å². The lowest BCUT2D eigenvalue weighted by molar-refractivity contribution is -0.385. The van der Waals surface area contributed by atoms with Gasteiger partial charge in [0, 0.05) is 18.3 Å². The standard InChI is InChI=1S/C11H10N4O3/c1-7-2-3-8(15(16)17)9(6-7)18-10-4-5-13-11(12)14-10/h2-6H,1H3,(H2,12,13,14). The highest BCUT2D eigenvalue weighted by Gasteiger charge is 2.16. The highest BCUT2D eigenvalue weighted by molar-refractivity contribution is 5.49. The molecule has 0 spiro atoms. The largest absolute Gasteiger partial charge is 0.432 e. The molecule has 0 unspecified atom stereocenters. The van der Waals surface area contributed by atoms with Gasteiger partial charge in [-0.3, -0.25) is 10.1 Å². The third kappa shape index (κ3) is 2.51. The molecule has 0 radical (unpaired) electrons. The molecule has 0 aliphatic heterocycles. The van der Waals surface area contributed by atoms with E-state index in [1.165, 1.54) is 18.3 Å². The van der Waals surface area contributed by atoms with Crippen LogP contribution in [-0.2, 0) is 0 Å². The molecule has 18 heavy (non-hydrogen) atoms. The van der Waals surface area contributed by atoms with Crippen LogP contribution in [0.25, 0.3) is 0 Å². The number of rotatable bonds is 3. The van der Waals surface area contributed by atoms with Gasteiger partial charge in [-0.15, -0.1) is 0 Å². The molecule has 0 saturated heterocycles. The predicted molar refractivity (Wildman–Crippen MR) is 64.4 cm³/mol. The van der Waals surface area contributed by atoms with Crippen LogP contribution in [0.15, 0.2) is 30.5 Å². The minimum absolute atomic E-state index is 0.0443. The number of aromatic nitrogens is 2. The summed E-state index contributed by atoms with van der Waals surface area (Å²) in [7, 11) is 0. The zero-order chi connectivity index (χ0) is 13.1. The van der Waals surface area contributed by atoms with E-state index in [9.17, 15) is 10.1 Å². The summed E-state index contributed by atoms with van der Waals surface area (Å²) < 4.78 is 5.36. The van der Waals surface area contributed by atoms with Crippen LogP contribution in [0.1, 0.15) is 5.56 Å². The first-order valence-corrected chi connectivity index (χ1v) is 5.07. The highest BCUT2D eigenvalue weighted by Crippen LogP contribution is 2.31. The van der Waals surface area contributed by atoms with E-state index >= 15 is 0 Å². The van der Waals surface area contributed by atoms with Crippen LogP contribution in [0.2, 0.25) is 0 Å². The van der Waals surface area contributed by atoms with E-state index in [2.05, 4.69) is 9.97 Å². The summed E-state index contributed by atoms with van der Waals surface area (Å²) in [5.41, 5.74) is 6.12. The van der Waals surface area contributed by atoms with Gasteiger partial charge in [0.25, 0.3) is 0 Å². The van der Waals surface area contributed by atoms with E-state index in [-0.39, 0.29) is 23.3 Å². The minimum Gasteiger partial charge on any atom is -0.432 e. The van der Waals surface area contributed by atoms with Crippen molar-refractivity contribution in [3.63, 3.8) is 0 Å². The van der Waals surface area contributed by atoms with Crippen molar-refractivity contribution in [3.05, 3.63) is 46.1 Å². The lowest BCUT2D eigenvalue weighted by Crippen LogP contribution is -1.98. The van der Waals surface area contributed by atoms with Crippen molar-refractivity contribution in [3.8, 4) is 11.6 Å². The molecule has 7 nitrogen and oxygen atoms in total. The number of benzene rings is 1. The van der Waals surface area contributed by atoms with E-state index in [1.54, 1.807) is 12.1 Å². The molecule has 7 heteroatoms. The zero-order valence-corrected chi connectivity index (χ0v) is 9.53.